The van der Waals surface area contributed by atoms with E-state index in [9.17, 15) is 17.6 Å². The molecule has 0 aliphatic rings. The van der Waals surface area contributed by atoms with Crippen molar-refractivity contribution in [3.8, 4) is 11.1 Å². The Labute approximate surface area is 103 Å². The molecule has 3 nitrogen and oxygen atoms in total. The van der Waals surface area contributed by atoms with Crippen molar-refractivity contribution in [3.05, 3.63) is 34.7 Å². The van der Waals surface area contributed by atoms with Crippen LogP contribution in [0.1, 0.15) is 5.69 Å². The monoisotopic (exact) mass is 280 g/mol. The van der Waals surface area contributed by atoms with Gasteiger partial charge in [-0.2, -0.15) is 13.2 Å². The molecular weight excluding hydrogens is 276 g/mol. The molecule has 2 rings (SSSR count). The van der Waals surface area contributed by atoms with E-state index in [4.69, 9.17) is 17.3 Å². The molecule has 0 spiro atoms. The number of hydrogen-bond donors (Lipinski definition) is 1. The molecule has 0 atom stereocenters. The van der Waals surface area contributed by atoms with E-state index in [1.807, 2.05) is 0 Å². The third kappa shape index (κ3) is 2.01. The highest BCUT2D eigenvalue weighted by Gasteiger charge is 2.40. The van der Waals surface area contributed by atoms with Crippen LogP contribution < -0.4 is 5.73 Å². The maximum atomic E-state index is 13.6. The molecule has 0 bridgehead atoms. The van der Waals surface area contributed by atoms with E-state index in [-0.39, 0.29) is 5.02 Å². The van der Waals surface area contributed by atoms with Crippen molar-refractivity contribution in [2.75, 3.05) is 5.73 Å². The molecule has 0 saturated heterocycles. The molecule has 0 unspecified atom stereocenters. The van der Waals surface area contributed by atoms with Gasteiger partial charge in [-0.1, -0.05) is 22.8 Å². The molecule has 0 amide bonds. The molecule has 1 heterocycles. The second kappa shape index (κ2) is 4.16. The highest BCUT2D eigenvalue weighted by atomic mass is 35.5. The fourth-order valence-corrected chi connectivity index (χ4v) is 1.73. The summed E-state index contributed by atoms with van der Waals surface area (Å²) < 4.78 is 55.9. The lowest BCUT2D eigenvalue weighted by atomic mass is 10.0. The number of benzene rings is 1. The van der Waals surface area contributed by atoms with Crippen molar-refractivity contribution in [1.29, 1.82) is 0 Å². The summed E-state index contributed by atoms with van der Waals surface area (Å²) in [6.07, 6.45) is -4.82. The van der Waals surface area contributed by atoms with Gasteiger partial charge in [0.2, 0.25) is 5.88 Å². The van der Waals surface area contributed by atoms with Crippen LogP contribution in [0, 0.1) is 5.82 Å². The number of hydrogen-bond acceptors (Lipinski definition) is 3. The molecule has 18 heavy (non-hydrogen) atoms. The third-order valence-corrected chi connectivity index (χ3v) is 2.51. The van der Waals surface area contributed by atoms with E-state index in [0.29, 0.717) is 0 Å². The van der Waals surface area contributed by atoms with E-state index in [1.54, 1.807) is 0 Å². The summed E-state index contributed by atoms with van der Waals surface area (Å²) in [7, 11) is 0. The first-order valence-corrected chi connectivity index (χ1v) is 4.97. The minimum Gasteiger partial charge on any atom is -0.367 e. The zero-order valence-electron chi connectivity index (χ0n) is 8.55. The number of alkyl halides is 3. The predicted molar refractivity (Wildman–Crippen MR) is 56.3 cm³/mol. The van der Waals surface area contributed by atoms with Gasteiger partial charge in [0, 0.05) is 5.56 Å². The highest BCUT2D eigenvalue weighted by Crippen LogP contribution is 2.42. The van der Waals surface area contributed by atoms with Crippen LogP contribution in [-0.2, 0) is 6.18 Å². The fraction of sp³-hybridized carbons (Fsp3) is 0.100. The molecule has 0 fully saturated rings. The number of aromatic nitrogens is 1. The van der Waals surface area contributed by atoms with Gasteiger partial charge in [0.05, 0.1) is 10.6 Å². The number of anilines is 1. The quantitative estimate of drug-likeness (QED) is 0.810. The number of nitrogens with zero attached hydrogens (tertiary/aromatic N) is 1. The number of nitrogen functional groups attached to an aromatic ring is 1. The topological polar surface area (TPSA) is 52.0 Å². The summed E-state index contributed by atoms with van der Waals surface area (Å²) in [6.45, 7) is 0. The molecule has 0 radical (unpaired) electrons. The molecular formula is C10H5ClF4N2O. The van der Waals surface area contributed by atoms with E-state index in [1.165, 1.54) is 12.1 Å². The van der Waals surface area contributed by atoms with Crippen molar-refractivity contribution in [1.82, 2.24) is 5.16 Å². The molecule has 0 aliphatic carbocycles. The molecule has 0 aliphatic heterocycles. The van der Waals surface area contributed by atoms with Crippen LogP contribution in [0.4, 0.5) is 23.4 Å². The molecule has 96 valence electrons. The largest absolute Gasteiger partial charge is 0.437 e. The number of halogens is 5. The van der Waals surface area contributed by atoms with Crippen molar-refractivity contribution >= 4 is 17.5 Å². The average Bonchev–Trinajstić information content (AvgIpc) is 2.60. The van der Waals surface area contributed by atoms with Gasteiger partial charge in [-0.3, -0.25) is 0 Å². The van der Waals surface area contributed by atoms with Gasteiger partial charge in [0.15, 0.2) is 5.69 Å². The van der Waals surface area contributed by atoms with Gasteiger partial charge in [0.1, 0.15) is 5.82 Å². The smallest absolute Gasteiger partial charge is 0.367 e. The highest BCUT2D eigenvalue weighted by molar-refractivity contribution is 6.33. The van der Waals surface area contributed by atoms with Crippen LogP contribution in [-0.4, -0.2) is 5.16 Å². The molecule has 2 N–H and O–H groups in total. The molecule has 8 heteroatoms. The molecule has 1 aromatic carbocycles. The number of nitrogens with two attached hydrogens (primary N) is 1. The summed E-state index contributed by atoms with van der Waals surface area (Å²) in [5, 5.41) is 2.58. The summed E-state index contributed by atoms with van der Waals surface area (Å²) in [5.41, 5.74) is 2.67. The van der Waals surface area contributed by atoms with Gasteiger partial charge in [-0.15, -0.1) is 0 Å². The Morgan fingerprint density at radius 1 is 1.22 bits per heavy atom. The Morgan fingerprint density at radius 2 is 1.89 bits per heavy atom. The van der Waals surface area contributed by atoms with Crippen molar-refractivity contribution < 1.29 is 22.1 Å². The SMILES string of the molecule is Nc1onc(C(F)(F)F)c1-c1c(F)cccc1Cl. The Bertz CT molecular complexity index is 574. The van der Waals surface area contributed by atoms with E-state index in [2.05, 4.69) is 9.68 Å². The van der Waals surface area contributed by atoms with Crippen LogP contribution in [0.2, 0.25) is 5.02 Å². The first kappa shape index (κ1) is 12.7. The van der Waals surface area contributed by atoms with Crippen molar-refractivity contribution in [2.24, 2.45) is 0 Å². The Kier molecular flexibility index (Phi) is 2.94. The van der Waals surface area contributed by atoms with Crippen molar-refractivity contribution in [2.45, 2.75) is 6.18 Å². The summed E-state index contributed by atoms with van der Waals surface area (Å²) >= 11 is 5.68. The maximum Gasteiger partial charge on any atom is 0.437 e. The molecule has 0 saturated carbocycles. The van der Waals surface area contributed by atoms with Crippen LogP contribution in [0.5, 0.6) is 0 Å². The number of rotatable bonds is 1. The Morgan fingerprint density at radius 3 is 2.44 bits per heavy atom. The standard InChI is InChI=1S/C10H5ClF4N2O/c11-4-2-1-3-5(12)6(4)7-8(10(13,14)15)17-18-9(7)16/h1-3H,16H2. The second-order valence-corrected chi connectivity index (χ2v) is 3.77. The Balaban J connectivity index is 2.76. The fourth-order valence-electron chi connectivity index (χ4n) is 1.47. The molecule has 2 aromatic rings. The first-order valence-electron chi connectivity index (χ1n) is 4.59. The lowest BCUT2D eigenvalue weighted by Gasteiger charge is -2.08. The van der Waals surface area contributed by atoms with E-state index < -0.39 is 34.7 Å². The third-order valence-electron chi connectivity index (χ3n) is 2.20. The van der Waals surface area contributed by atoms with Gasteiger partial charge in [0.25, 0.3) is 0 Å². The van der Waals surface area contributed by atoms with Crippen LogP contribution in [0.3, 0.4) is 0 Å². The Hall–Kier alpha value is -1.76. The lowest BCUT2D eigenvalue weighted by Crippen LogP contribution is -2.08. The summed E-state index contributed by atoms with van der Waals surface area (Å²) in [4.78, 5) is 0. The van der Waals surface area contributed by atoms with E-state index >= 15 is 0 Å². The molecule has 1 aromatic heterocycles. The van der Waals surface area contributed by atoms with Crippen molar-refractivity contribution in [3.63, 3.8) is 0 Å². The van der Waals surface area contributed by atoms with Crippen LogP contribution in [0.25, 0.3) is 11.1 Å². The maximum absolute atomic E-state index is 13.6. The van der Waals surface area contributed by atoms with Gasteiger partial charge in [-0.25, -0.2) is 4.39 Å². The van der Waals surface area contributed by atoms with E-state index in [0.717, 1.165) is 6.07 Å². The lowest BCUT2D eigenvalue weighted by molar-refractivity contribution is -0.142. The van der Waals surface area contributed by atoms with Crippen LogP contribution >= 0.6 is 11.6 Å². The predicted octanol–water partition coefficient (Wildman–Crippen LogP) is 3.74. The van der Waals surface area contributed by atoms with Gasteiger partial charge in [-0.05, 0) is 12.1 Å². The zero-order chi connectivity index (χ0) is 13.5. The minimum absolute atomic E-state index is 0.213. The van der Waals surface area contributed by atoms with Crippen LogP contribution in [0.15, 0.2) is 22.7 Å². The average molecular weight is 281 g/mol. The van der Waals surface area contributed by atoms with Gasteiger partial charge < -0.3 is 10.3 Å². The zero-order valence-corrected chi connectivity index (χ0v) is 9.31. The summed E-state index contributed by atoms with van der Waals surface area (Å²) in [6, 6.07) is 3.47. The van der Waals surface area contributed by atoms with Gasteiger partial charge >= 0.3 is 6.18 Å². The second-order valence-electron chi connectivity index (χ2n) is 3.36. The minimum atomic E-state index is -4.82. The summed E-state index contributed by atoms with van der Waals surface area (Å²) in [5.74, 6) is -1.59. The first-order chi connectivity index (χ1) is 8.32. The normalized spacial score (nSPS) is 11.8.